The third kappa shape index (κ3) is 3.58. The molecular formula is C24H32N2. The first-order valence-corrected chi connectivity index (χ1v) is 10.3. The van der Waals surface area contributed by atoms with Crippen LogP contribution in [0.1, 0.15) is 43.7 Å². The highest BCUT2D eigenvalue weighted by Gasteiger charge is 2.46. The molecule has 2 bridgehead atoms. The molecule has 2 nitrogen and oxygen atoms in total. The van der Waals surface area contributed by atoms with E-state index in [2.05, 4.69) is 84.7 Å². The third-order valence-corrected chi connectivity index (χ3v) is 6.53. The zero-order chi connectivity index (χ0) is 17.9. The van der Waals surface area contributed by atoms with E-state index in [1.807, 2.05) is 0 Å². The summed E-state index contributed by atoms with van der Waals surface area (Å²) in [5.74, 6) is 2.05. The van der Waals surface area contributed by atoms with Crippen molar-refractivity contribution >= 4 is 0 Å². The van der Waals surface area contributed by atoms with Crippen molar-refractivity contribution in [2.45, 2.75) is 51.2 Å². The van der Waals surface area contributed by atoms with Crippen LogP contribution < -0.4 is 5.32 Å². The monoisotopic (exact) mass is 348 g/mol. The molecule has 3 atom stereocenters. The van der Waals surface area contributed by atoms with Gasteiger partial charge in [-0.1, -0.05) is 74.5 Å². The highest BCUT2D eigenvalue weighted by atomic mass is 15.2. The summed E-state index contributed by atoms with van der Waals surface area (Å²) in [5.41, 5.74) is 2.90. The molecular weight excluding hydrogens is 316 g/mol. The van der Waals surface area contributed by atoms with E-state index in [1.54, 1.807) is 0 Å². The Bertz CT molecular complexity index is 674. The van der Waals surface area contributed by atoms with E-state index in [1.165, 1.54) is 37.1 Å². The molecule has 0 aliphatic carbocycles. The van der Waals surface area contributed by atoms with Gasteiger partial charge in [0.15, 0.2) is 0 Å². The Morgan fingerprint density at radius 3 is 2.15 bits per heavy atom. The Kier molecular flexibility index (Phi) is 5.42. The van der Waals surface area contributed by atoms with Crippen molar-refractivity contribution < 1.29 is 0 Å². The molecule has 3 aliphatic heterocycles. The first kappa shape index (κ1) is 17.8. The molecule has 3 saturated heterocycles. The molecule has 3 aliphatic rings. The van der Waals surface area contributed by atoms with Crippen molar-refractivity contribution in [1.82, 2.24) is 10.2 Å². The van der Waals surface area contributed by atoms with Gasteiger partial charge in [-0.2, -0.15) is 0 Å². The number of piperidine rings is 3. The Hall–Kier alpha value is -1.64. The van der Waals surface area contributed by atoms with Crippen LogP contribution in [0, 0.1) is 11.8 Å². The minimum absolute atomic E-state index is 0.588. The van der Waals surface area contributed by atoms with Gasteiger partial charge in [0.25, 0.3) is 0 Å². The van der Waals surface area contributed by atoms with Crippen molar-refractivity contribution in [3.63, 3.8) is 0 Å². The number of hydrogen-bond donors (Lipinski definition) is 1. The maximum absolute atomic E-state index is 3.98. The summed E-state index contributed by atoms with van der Waals surface area (Å²) in [5, 5.41) is 3.98. The highest BCUT2D eigenvalue weighted by molar-refractivity contribution is 5.25. The van der Waals surface area contributed by atoms with E-state index in [0.29, 0.717) is 23.9 Å². The summed E-state index contributed by atoms with van der Waals surface area (Å²) in [4.78, 5) is 2.78. The van der Waals surface area contributed by atoms with Crippen LogP contribution in [-0.4, -0.2) is 30.1 Å². The second-order valence-electron chi connectivity index (χ2n) is 8.44. The Labute approximate surface area is 158 Å². The van der Waals surface area contributed by atoms with E-state index in [4.69, 9.17) is 0 Å². The lowest BCUT2D eigenvalue weighted by Crippen LogP contribution is -2.64. The van der Waals surface area contributed by atoms with Crippen molar-refractivity contribution in [2.24, 2.45) is 11.8 Å². The summed E-state index contributed by atoms with van der Waals surface area (Å²) in [6.07, 6.45) is 2.70. The Balaban J connectivity index is 1.60. The lowest BCUT2D eigenvalue weighted by Gasteiger charge is -2.55. The fourth-order valence-electron chi connectivity index (χ4n) is 5.30. The lowest BCUT2D eigenvalue weighted by molar-refractivity contribution is -0.00853. The van der Waals surface area contributed by atoms with Gasteiger partial charge in [-0.3, -0.25) is 4.90 Å². The highest BCUT2D eigenvalue weighted by Crippen LogP contribution is 2.42. The van der Waals surface area contributed by atoms with Crippen LogP contribution in [0.4, 0.5) is 0 Å². The van der Waals surface area contributed by atoms with E-state index in [9.17, 15) is 0 Å². The van der Waals surface area contributed by atoms with Crippen molar-refractivity contribution in [3.8, 4) is 0 Å². The van der Waals surface area contributed by atoms with Crippen LogP contribution in [0.15, 0.2) is 60.7 Å². The van der Waals surface area contributed by atoms with Gasteiger partial charge in [0.05, 0.1) is 0 Å². The summed E-state index contributed by atoms with van der Waals surface area (Å²) < 4.78 is 0. The Morgan fingerprint density at radius 2 is 1.54 bits per heavy atom. The summed E-state index contributed by atoms with van der Waals surface area (Å²) in [6.45, 7) is 8.32. The van der Waals surface area contributed by atoms with E-state index >= 15 is 0 Å². The molecule has 0 aromatic heterocycles. The molecule has 0 spiro atoms. The smallest absolute Gasteiger partial charge is 0.0323 e. The fraction of sp³-hybridized carbons (Fsp3) is 0.500. The van der Waals surface area contributed by atoms with Crippen LogP contribution in [0.5, 0.6) is 0 Å². The quantitative estimate of drug-likeness (QED) is 0.815. The van der Waals surface area contributed by atoms with Crippen LogP contribution in [0.3, 0.4) is 0 Å². The topological polar surface area (TPSA) is 15.3 Å². The largest absolute Gasteiger partial charge is 0.308 e. The van der Waals surface area contributed by atoms with E-state index in [-0.39, 0.29) is 0 Å². The van der Waals surface area contributed by atoms with Crippen LogP contribution in [0.25, 0.3) is 0 Å². The number of fused-ring (bicyclic) bond motifs is 3. The Morgan fingerprint density at radius 1 is 0.923 bits per heavy atom. The minimum atomic E-state index is 0.588. The summed E-state index contributed by atoms with van der Waals surface area (Å²) >= 11 is 0. The van der Waals surface area contributed by atoms with Gasteiger partial charge in [-0.05, 0) is 48.9 Å². The van der Waals surface area contributed by atoms with Crippen molar-refractivity contribution in [3.05, 3.63) is 71.8 Å². The number of nitrogens with zero attached hydrogens (tertiary/aromatic N) is 1. The van der Waals surface area contributed by atoms with Crippen LogP contribution >= 0.6 is 0 Å². The predicted octanol–water partition coefficient (Wildman–Crippen LogP) is 4.68. The number of hydrogen-bond acceptors (Lipinski definition) is 2. The first-order valence-electron chi connectivity index (χ1n) is 10.3. The minimum Gasteiger partial charge on any atom is -0.308 e. The first-order chi connectivity index (χ1) is 12.7. The second kappa shape index (κ2) is 7.94. The molecule has 2 heteroatoms. The summed E-state index contributed by atoms with van der Waals surface area (Å²) in [6, 6.07) is 23.3. The average Bonchev–Trinajstić information content (AvgIpc) is 2.69. The normalized spacial score (nSPS) is 29.0. The van der Waals surface area contributed by atoms with Crippen molar-refractivity contribution in [2.75, 3.05) is 13.1 Å². The standard InChI is InChI=1S/C24H32N2/c1-18(2)22(20-11-7-4-8-12-20)24-23(21-13-15-26(24)16-14-21)25-17-19-9-5-3-6-10-19/h3-12,18,21-25H,13-17H2,1-2H3. The zero-order valence-electron chi connectivity index (χ0n) is 16.1. The van der Waals surface area contributed by atoms with Crippen LogP contribution in [-0.2, 0) is 6.54 Å². The lowest BCUT2D eigenvalue weighted by atomic mass is 9.69. The van der Waals surface area contributed by atoms with Crippen LogP contribution in [0.2, 0.25) is 0 Å². The number of rotatable bonds is 6. The molecule has 3 heterocycles. The third-order valence-electron chi connectivity index (χ3n) is 6.53. The molecule has 1 N–H and O–H groups in total. The molecule has 5 rings (SSSR count). The molecule has 0 amide bonds. The van der Waals surface area contributed by atoms with Gasteiger partial charge in [0.1, 0.15) is 0 Å². The van der Waals surface area contributed by atoms with Gasteiger partial charge in [-0.15, -0.1) is 0 Å². The van der Waals surface area contributed by atoms with Crippen molar-refractivity contribution in [1.29, 1.82) is 0 Å². The maximum Gasteiger partial charge on any atom is 0.0323 e. The fourth-order valence-corrected chi connectivity index (χ4v) is 5.30. The average molecular weight is 349 g/mol. The number of benzene rings is 2. The van der Waals surface area contributed by atoms with Gasteiger partial charge in [0.2, 0.25) is 0 Å². The maximum atomic E-state index is 3.98. The predicted molar refractivity (Wildman–Crippen MR) is 109 cm³/mol. The van der Waals surface area contributed by atoms with Gasteiger partial charge in [-0.25, -0.2) is 0 Å². The van der Waals surface area contributed by atoms with Gasteiger partial charge < -0.3 is 5.32 Å². The molecule has 26 heavy (non-hydrogen) atoms. The molecule has 2 aromatic carbocycles. The van der Waals surface area contributed by atoms with Gasteiger partial charge >= 0.3 is 0 Å². The number of nitrogens with one attached hydrogen (secondary N) is 1. The molecule has 0 saturated carbocycles. The molecule has 3 fully saturated rings. The van der Waals surface area contributed by atoms with Gasteiger partial charge in [0, 0.05) is 24.5 Å². The second-order valence-corrected chi connectivity index (χ2v) is 8.44. The zero-order valence-corrected chi connectivity index (χ0v) is 16.1. The molecule has 0 radical (unpaired) electrons. The van der Waals surface area contributed by atoms with E-state index in [0.717, 1.165) is 12.5 Å². The summed E-state index contributed by atoms with van der Waals surface area (Å²) in [7, 11) is 0. The molecule has 138 valence electrons. The molecule has 2 aromatic rings. The van der Waals surface area contributed by atoms with E-state index < -0.39 is 0 Å². The molecule has 3 unspecified atom stereocenters. The SMILES string of the molecule is CC(C)C(c1ccccc1)C1C(NCc2ccccc2)C2CCN1CC2.